The van der Waals surface area contributed by atoms with Crippen LogP contribution >= 0.6 is 0 Å². The molecule has 0 spiro atoms. The lowest BCUT2D eigenvalue weighted by Crippen LogP contribution is -2.24. The van der Waals surface area contributed by atoms with Crippen LogP contribution in [0.2, 0.25) is 0 Å². The fourth-order valence-corrected chi connectivity index (χ4v) is 1.16. The van der Waals surface area contributed by atoms with Crippen LogP contribution in [0.1, 0.15) is 12.8 Å². The predicted molar refractivity (Wildman–Crippen MR) is 39.5 cm³/mol. The van der Waals surface area contributed by atoms with Gasteiger partial charge in [0, 0.05) is 13.0 Å². The topological polar surface area (TPSA) is 63.2 Å². The summed E-state index contributed by atoms with van der Waals surface area (Å²) in [6.07, 6.45) is 3.57. The maximum absolute atomic E-state index is 8.38. The fraction of sp³-hybridized carbons (Fsp3) is 0.571. The molecule has 0 aromatic carbocycles. The van der Waals surface area contributed by atoms with E-state index < -0.39 is 0 Å². The summed E-state index contributed by atoms with van der Waals surface area (Å²) in [5, 5.41) is 16.6. The molecule has 0 atom stereocenters. The second kappa shape index (κ2) is 3.58. The molecule has 0 aromatic rings. The van der Waals surface area contributed by atoms with Crippen molar-refractivity contribution in [1.82, 2.24) is 4.90 Å². The van der Waals surface area contributed by atoms with Gasteiger partial charge in [0.05, 0.1) is 6.07 Å². The first-order valence-corrected chi connectivity index (χ1v) is 3.46. The first-order valence-electron chi connectivity index (χ1n) is 3.46. The van der Waals surface area contributed by atoms with Crippen LogP contribution in [-0.4, -0.2) is 23.8 Å². The van der Waals surface area contributed by atoms with E-state index in [-0.39, 0.29) is 0 Å². The monoisotopic (exact) mass is 148 g/mol. The molecule has 1 heterocycles. The first kappa shape index (κ1) is 7.56. The number of hydrogen-bond acceptors (Lipinski definition) is 3. The van der Waals surface area contributed by atoms with Crippen LogP contribution in [-0.2, 0) is 0 Å². The van der Waals surface area contributed by atoms with Crippen molar-refractivity contribution in [3.05, 3.63) is 0 Å². The largest absolute Gasteiger partial charge is 0.346 e. The van der Waals surface area contributed by atoms with Crippen molar-refractivity contribution in [1.29, 1.82) is 10.5 Å². The molecule has 56 valence electrons. The number of nitriles is 2. The van der Waals surface area contributed by atoms with Gasteiger partial charge in [0.1, 0.15) is 12.4 Å². The molecule has 1 rings (SSSR count). The number of hydrogen-bond donors (Lipinski definition) is 0. The third-order valence-corrected chi connectivity index (χ3v) is 1.63. The molecular weight excluding hydrogens is 140 g/mol. The summed E-state index contributed by atoms with van der Waals surface area (Å²) in [5.41, 5.74) is 0. The number of aliphatic imine (C=N–C) groups is 1. The van der Waals surface area contributed by atoms with E-state index in [4.69, 9.17) is 10.5 Å². The van der Waals surface area contributed by atoms with Gasteiger partial charge in [-0.25, -0.2) is 0 Å². The molecule has 1 fully saturated rings. The van der Waals surface area contributed by atoms with E-state index in [1.807, 2.05) is 11.0 Å². The minimum absolute atomic E-state index is 0.348. The van der Waals surface area contributed by atoms with Gasteiger partial charge in [0.2, 0.25) is 6.19 Å². The van der Waals surface area contributed by atoms with Crippen LogP contribution in [0, 0.1) is 22.8 Å². The van der Waals surface area contributed by atoms with Crippen molar-refractivity contribution in [2.24, 2.45) is 4.99 Å². The third kappa shape index (κ3) is 1.68. The maximum Gasteiger partial charge on any atom is 0.207 e. The van der Waals surface area contributed by atoms with Crippen molar-refractivity contribution in [3.63, 3.8) is 0 Å². The Morgan fingerprint density at radius 3 is 3.00 bits per heavy atom. The molecule has 1 aliphatic heterocycles. The number of amidine groups is 1. The SMILES string of the molecule is N#CCN1CCCC1=NC#N. The van der Waals surface area contributed by atoms with E-state index in [1.165, 1.54) is 0 Å². The highest BCUT2D eigenvalue weighted by molar-refractivity contribution is 5.85. The quantitative estimate of drug-likeness (QED) is 0.401. The van der Waals surface area contributed by atoms with Crippen LogP contribution < -0.4 is 0 Å². The Balaban J connectivity index is 2.61. The fourth-order valence-electron chi connectivity index (χ4n) is 1.16. The average molecular weight is 148 g/mol. The van der Waals surface area contributed by atoms with Gasteiger partial charge in [-0.2, -0.15) is 15.5 Å². The summed E-state index contributed by atoms with van der Waals surface area (Å²) in [7, 11) is 0. The highest BCUT2D eigenvalue weighted by Crippen LogP contribution is 2.10. The molecule has 0 saturated carbocycles. The molecule has 1 saturated heterocycles. The molecule has 4 nitrogen and oxygen atoms in total. The Morgan fingerprint density at radius 2 is 2.36 bits per heavy atom. The molecule has 4 heteroatoms. The van der Waals surface area contributed by atoms with Crippen LogP contribution in [0.4, 0.5) is 0 Å². The molecule has 0 amide bonds. The van der Waals surface area contributed by atoms with Gasteiger partial charge in [-0.3, -0.25) is 0 Å². The molecule has 1 aliphatic rings. The summed E-state index contributed by atoms with van der Waals surface area (Å²) >= 11 is 0. The molecule has 11 heavy (non-hydrogen) atoms. The molecule has 0 aromatic heterocycles. The molecule has 0 unspecified atom stereocenters. The second-order valence-electron chi connectivity index (χ2n) is 2.31. The van der Waals surface area contributed by atoms with Crippen molar-refractivity contribution in [3.8, 4) is 12.3 Å². The lowest BCUT2D eigenvalue weighted by Gasteiger charge is -2.11. The van der Waals surface area contributed by atoms with Gasteiger partial charge < -0.3 is 4.90 Å². The van der Waals surface area contributed by atoms with Crippen LogP contribution in [0.5, 0.6) is 0 Å². The van der Waals surface area contributed by atoms with Gasteiger partial charge in [-0.1, -0.05) is 0 Å². The van der Waals surface area contributed by atoms with Gasteiger partial charge in [-0.05, 0) is 6.42 Å². The lowest BCUT2D eigenvalue weighted by molar-refractivity contribution is 0.507. The minimum Gasteiger partial charge on any atom is -0.346 e. The normalized spacial score (nSPS) is 19.8. The Bertz CT molecular complexity index is 242. The van der Waals surface area contributed by atoms with Gasteiger partial charge in [0.15, 0.2) is 0 Å². The zero-order valence-corrected chi connectivity index (χ0v) is 6.12. The highest BCUT2D eigenvalue weighted by atomic mass is 15.2. The number of nitrogens with zero attached hydrogens (tertiary/aromatic N) is 4. The summed E-state index contributed by atoms with van der Waals surface area (Å²) in [5.74, 6) is 0.758. The van der Waals surface area contributed by atoms with E-state index >= 15 is 0 Å². The number of rotatable bonds is 1. The van der Waals surface area contributed by atoms with Crippen molar-refractivity contribution >= 4 is 5.84 Å². The van der Waals surface area contributed by atoms with Gasteiger partial charge >= 0.3 is 0 Å². The van der Waals surface area contributed by atoms with Gasteiger partial charge in [0.25, 0.3) is 0 Å². The number of likely N-dealkylation sites (tertiary alicyclic amines) is 1. The Morgan fingerprint density at radius 1 is 1.55 bits per heavy atom. The van der Waals surface area contributed by atoms with E-state index in [1.54, 1.807) is 6.19 Å². The molecule has 0 bridgehead atoms. The van der Waals surface area contributed by atoms with E-state index in [2.05, 4.69) is 4.99 Å². The standard InChI is InChI=1S/C7H8N4/c8-3-5-11-4-1-2-7(11)10-6-9/h1-2,4-5H2. The summed E-state index contributed by atoms with van der Waals surface area (Å²) in [4.78, 5) is 5.46. The predicted octanol–water partition coefficient (Wildman–Crippen LogP) is 0.485. The van der Waals surface area contributed by atoms with Crippen molar-refractivity contribution in [2.45, 2.75) is 12.8 Å². The van der Waals surface area contributed by atoms with E-state index in [0.29, 0.717) is 6.54 Å². The first-order chi connectivity index (χ1) is 5.38. The lowest BCUT2D eigenvalue weighted by atomic mass is 10.4. The smallest absolute Gasteiger partial charge is 0.207 e. The van der Waals surface area contributed by atoms with Gasteiger partial charge in [-0.15, -0.1) is 0 Å². The summed E-state index contributed by atoms with van der Waals surface area (Å²) in [6, 6.07) is 2.03. The summed E-state index contributed by atoms with van der Waals surface area (Å²) < 4.78 is 0. The minimum atomic E-state index is 0.348. The van der Waals surface area contributed by atoms with Crippen molar-refractivity contribution < 1.29 is 0 Å². The van der Waals surface area contributed by atoms with Crippen LogP contribution in [0.25, 0.3) is 0 Å². The molecule has 0 aliphatic carbocycles. The van der Waals surface area contributed by atoms with Crippen LogP contribution in [0.15, 0.2) is 4.99 Å². The maximum atomic E-state index is 8.38. The summed E-state index contributed by atoms with van der Waals surface area (Å²) in [6.45, 7) is 1.20. The highest BCUT2D eigenvalue weighted by Gasteiger charge is 2.17. The molecule has 0 radical (unpaired) electrons. The van der Waals surface area contributed by atoms with Crippen molar-refractivity contribution in [2.75, 3.05) is 13.1 Å². The zero-order chi connectivity index (χ0) is 8.10. The Labute approximate surface area is 65.4 Å². The average Bonchev–Trinajstić information content (AvgIpc) is 2.39. The second-order valence-corrected chi connectivity index (χ2v) is 2.31. The van der Waals surface area contributed by atoms with E-state index in [9.17, 15) is 0 Å². The molecular formula is C7H8N4. The van der Waals surface area contributed by atoms with E-state index in [0.717, 1.165) is 25.2 Å². The van der Waals surface area contributed by atoms with Crippen LogP contribution in [0.3, 0.4) is 0 Å². The Kier molecular flexibility index (Phi) is 2.46. The Hall–Kier alpha value is -1.55. The zero-order valence-electron chi connectivity index (χ0n) is 6.12. The third-order valence-electron chi connectivity index (χ3n) is 1.63. The molecule has 0 N–H and O–H groups in total.